The Labute approximate surface area is 131 Å². The van der Waals surface area contributed by atoms with E-state index in [0.717, 1.165) is 41.9 Å². The van der Waals surface area contributed by atoms with E-state index < -0.39 is 0 Å². The molecule has 1 heterocycles. The van der Waals surface area contributed by atoms with E-state index in [1.54, 1.807) is 0 Å². The zero-order valence-corrected chi connectivity index (χ0v) is 12.8. The van der Waals surface area contributed by atoms with Gasteiger partial charge in [-0.2, -0.15) is 0 Å². The second kappa shape index (κ2) is 6.94. The van der Waals surface area contributed by atoms with Crippen LogP contribution in [-0.4, -0.2) is 36.6 Å². The summed E-state index contributed by atoms with van der Waals surface area (Å²) >= 11 is 0. The first-order chi connectivity index (χ1) is 10.8. The van der Waals surface area contributed by atoms with Crippen LogP contribution in [0.4, 0.5) is 11.4 Å². The fourth-order valence-corrected chi connectivity index (χ4v) is 3.04. The topological polar surface area (TPSA) is 82.7 Å². The van der Waals surface area contributed by atoms with Crippen molar-refractivity contribution in [3.05, 3.63) is 36.0 Å². The molecular formula is C17H24N4O. The van der Waals surface area contributed by atoms with Gasteiger partial charge in [-0.25, -0.2) is 4.99 Å². The average molecular weight is 300 g/mol. The average Bonchev–Trinajstić information content (AvgIpc) is 2.52. The molecule has 5 N–H and O–H groups in total. The monoisotopic (exact) mass is 300 g/mol. The summed E-state index contributed by atoms with van der Waals surface area (Å²) < 4.78 is 0. The van der Waals surface area contributed by atoms with Gasteiger partial charge in [0.25, 0.3) is 0 Å². The summed E-state index contributed by atoms with van der Waals surface area (Å²) in [5.41, 5.74) is 9.98. The van der Waals surface area contributed by atoms with Crippen molar-refractivity contribution in [3.63, 3.8) is 0 Å². The van der Waals surface area contributed by atoms with E-state index in [0.29, 0.717) is 31.7 Å². The third-order valence-electron chi connectivity index (χ3n) is 4.46. The SMILES string of the molecule is NC/C(=C\NC1CC(CCO)C1)C1=Nc2ccccc2NC1. The number of rotatable bonds is 6. The van der Waals surface area contributed by atoms with Crippen molar-refractivity contribution >= 4 is 17.1 Å². The van der Waals surface area contributed by atoms with Crippen molar-refractivity contribution in [2.45, 2.75) is 25.3 Å². The molecule has 1 aliphatic heterocycles. The molecule has 0 bridgehead atoms. The van der Waals surface area contributed by atoms with Crippen LogP contribution in [0.3, 0.4) is 0 Å². The zero-order valence-electron chi connectivity index (χ0n) is 12.8. The van der Waals surface area contributed by atoms with Crippen molar-refractivity contribution in [1.29, 1.82) is 0 Å². The maximum atomic E-state index is 8.92. The van der Waals surface area contributed by atoms with Crippen LogP contribution in [0, 0.1) is 5.92 Å². The maximum Gasteiger partial charge on any atom is 0.0865 e. The second-order valence-electron chi connectivity index (χ2n) is 6.02. The fraction of sp³-hybridized carbons (Fsp3) is 0.471. The Kier molecular flexibility index (Phi) is 4.75. The number of fused-ring (bicyclic) bond motifs is 1. The summed E-state index contributed by atoms with van der Waals surface area (Å²) in [5, 5.41) is 15.8. The van der Waals surface area contributed by atoms with Crippen LogP contribution in [-0.2, 0) is 0 Å². The Bertz CT molecular complexity index is 576. The first kappa shape index (κ1) is 15.1. The number of hydrogen-bond donors (Lipinski definition) is 4. The van der Waals surface area contributed by atoms with E-state index >= 15 is 0 Å². The molecule has 5 nitrogen and oxygen atoms in total. The van der Waals surface area contributed by atoms with Gasteiger partial charge in [0.05, 0.1) is 23.6 Å². The molecule has 1 saturated carbocycles. The van der Waals surface area contributed by atoms with E-state index in [-0.39, 0.29) is 0 Å². The van der Waals surface area contributed by atoms with Crippen molar-refractivity contribution in [2.75, 3.05) is 25.0 Å². The predicted octanol–water partition coefficient (Wildman–Crippen LogP) is 1.78. The van der Waals surface area contributed by atoms with Gasteiger partial charge in [0.1, 0.15) is 0 Å². The lowest BCUT2D eigenvalue weighted by molar-refractivity contribution is 0.175. The molecule has 22 heavy (non-hydrogen) atoms. The smallest absolute Gasteiger partial charge is 0.0865 e. The van der Waals surface area contributed by atoms with E-state index in [9.17, 15) is 0 Å². The third kappa shape index (κ3) is 3.31. The molecule has 0 unspecified atom stereocenters. The predicted molar refractivity (Wildman–Crippen MR) is 90.5 cm³/mol. The first-order valence-corrected chi connectivity index (χ1v) is 7.97. The fourth-order valence-electron chi connectivity index (χ4n) is 3.04. The molecule has 5 heteroatoms. The summed E-state index contributed by atoms with van der Waals surface area (Å²) in [7, 11) is 0. The van der Waals surface area contributed by atoms with E-state index in [1.807, 2.05) is 30.5 Å². The van der Waals surface area contributed by atoms with Crippen LogP contribution >= 0.6 is 0 Å². The highest BCUT2D eigenvalue weighted by molar-refractivity contribution is 6.07. The lowest BCUT2D eigenvalue weighted by Gasteiger charge is -2.35. The summed E-state index contributed by atoms with van der Waals surface area (Å²) in [5.74, 6) is 0.665. The van der Waals surface area contributed by atoms with Crippen molar-refractivity contribution in [1.82, 2.24) is 5.32 Å². The molecule has 1 aromatic rings. The van der Waals surface area contributed by atoms with Crippen LogP contribution in [0.5, 0.6) is 0 Å². The molecule has 1 aromatic carbocycles. The number of hydrogen-bond acceptors (Lipinski definition) is 5. The minimum Gasteiger partial charge on any atom is -0.396 e. The lowest BCUT2D eigenvalue weighted by Crippen LogP contribution is -2.39. The highest BCUT2D eigenvalue weighted by Crippen LogP contribution is 2.30. The van der Waals surface area contributed by atoms with Crippen LogP contribution in [0.25, 0.3) is 0 Å². The molecule has 118 valence electrons. The molecule has 3 rings (SSSR count). The number of nitrogens with zero attached hydrogens (tertiary/aromatic N) is 1. The molecule has 0 saturated heterocycles. The first-order valence-electron chi connectivity index (χ1n) is 7.97. The molecule has 1 aliphatic carbocycles. The van der Waals surface area contributed by atoms with Crippen LogP contribution in [0.1, 0.15) is 19.3 Å². The number of aliphatic hydroxyl groups is 1. The van der Waals surface area contributed by atoms with Gasteiger partial charge in [-0.15, -0.1) is 0 Å². The van der Waals surface area contributed by atoms with Crippen LogP contribution in [0.15, 0.2) is 41.0 Å². The summed E-state index contributed by atoms with van der Waals surface area (Å²) in [4.78, 5) is 4.72. The number of benzene rings is 1. The standard InChI is InChI=1S/C17H24N4O/c18-9-13(10-19-14-7-12(8-14)5-6-22)17-11-20-15-3-1-2-4-16(15)21-17/h1-4,10,12,14,19-20,22H,5-9,11,18H2/b13-10+. The number of aliphatic hydroxyl groups excluding tert-OH is 1. The van der Waals surface area contributed by atoms with Crippen molar-refractivity contribution in [2.24, 2.45) is 16.6 Å². The summed E-state index contributed by atoms with van der Waals surface area (Å²) in [6.45, 7) is 1.48. The van der Waals surface area contributed by atoms with Crippen molar-refractivity contribution < 1.29 is 5.11 Å². The Balaban J connectivity index is 1.63. The minimum atomic E-state index is 0.295. The number of aliphatic imine (C=N–C) groups is 1. The molecular weight excluding hydrogens is 276 g/mol. The quantitative estimate of drug-likeness (QED) is 0.645. The molecule has 0 aromatic heterocycles. The Morgan fingerprint density at radius 1 is 1.41 bits per heavy atom. The Morgan fingerprint density at radius 2 is 2.23 bits per heavy atom. The molecule has 0 radical (unpaired) electrons. The van der Waals surface area contributed by atoms with Gasteiger partial charge in [0.15, 0.2) is 0 Å². The van der Waals surface area contributed by atoms with Crippen LogP contribution in [0.2, 0.25) is 0 Å². The molecule has 0 amide bonds. The Morgan fingerprint density at radius 3 is 3.00 bits per heavy atom. The van der Waals surface area contributed by atoms with Crippen LogP contribution < -0.4 is 16.4 Å². The van der Waals surface area contributed by atoms with Gasteiger partial charge in [-0.1, -0.05) is 12.1 Å². The Hall–Kier alpha value is -1.85. The highest BCUT2D eigenvalue weighted by Gasteiger charge is 2.27. The van der Waals surface area contributed by atoms with Gasteiger partial charge >= 0.3 is 0 Å². The number of para-hydroxylation sites is 2. The normalized spacial score (nSPS) is 23.9. The highest BCUT2D eigenvalue weighted by atomic mass is 16.3. The summed E-state index contributed by atoms with van der Waals surface area (Å²) in [6.07, 6.45) is 5.19. The third-order valence-corrected chi connectivity index (χ3v) is 4.46. The number of nitrogens with two attached hydrogens (primary N) is 1. The maximum absolute atomic E-state index is 8.92. The van der Waals surface area contributed by atoms with Gasteiger partial charge < -0.3 is 21.5 Å². The molecule has 1 fully saturated rings. The van der Waals surface area contributed by atoms with E-state index in [4.69, 9.17) is 15.8 Å². The van der Waals surface area contributed by atoms with E-state index in [2.05, 4.69) is 10.6 Å². The van der Waals surface area contributed by atoms with Crippen molar-refractivity contribution in [3.8, 4) is 0 Å². The largest absolute Gasteiger partial charge is 0.396 e. The minimum absolute atomic E-state index is 0.295. The molecule has 0 spiro atoms. The van der Waals surface area contributed by atoms with Gasteiger partial charge in [-0.05, 0) is 37.3 Å². The number of nitrogens with one attached hydrogen (secondary N) is 2. The van der Waals surface area contributed by atoms with E-state index in [1.165, 1.54) is 0 Å². The van der Waals surface area contributed by atoms with Gasteiger partial charge in [0.2, 0.25) is 0 Å². The lowest BCUT2D eigenvalue weighted by atomic mass is 9.78. The second-order valence-corrected chi connectivity index (χ2v) is 6.02. The van der Waals surface area contributed by atoms with Gasteiger partial charge in [0, 0.05) is 31.0 Å². The van der Waals surface area contributed by atoms with Gasteiger partial charge in [-0.3, -0.25) is 0 Å². The number of anilines is 1. The summed E-state index contributed by atoms with van der Waals surface area (Å²) in [6, 6.07) is 8.55. The molecule has 2 aliphatic rings. The zero-order chi connectivity index (χ0) is 15.4. The molecule has 0 atom stereocenters.